The van der Waals surface area contributed by atoms with Crippen LogP contribution in [0.4, 0.5) is 0 Å². The van der Waals surface area contributed by atoms with Gasteiger partial charge >= 0.3 is 5.97 Å². The van der Waals surface area contributed by atoms with Crippen LogP contribution < -0.4 is 0 Å². The van der Waals surface area contributed by atoms with Crippen LogP contribution in [0.15, 0.2) is 12.1 Å². The van der Waals surface area contributed by atoms with E-state index in [-0.39, 0.29) is 5.97 Å². The molecule has 0 saturated carbocycles. The largest absolute Gasteiger partial charge is 0.462 e. The molecule has 0 unspecified atom stereocenters. The van der Waals surface area contributed by atoms with Crippen molar-refractivity contribution in [3.05, 3.63) is 34.5 Å². The Labute approximate surface area is 118 Å². The lowest BCUT2D eigenvalue weighted by Crippen LogP contribution is -2.07. The number of rotatable bonds is 2. The number of esters is 1. The van der Waals surface area contributed by atoms with Gasteiger partial charge in [-0.05, 0) is 44.2 Å². The van der Waals surface area contributed by atoms with Crippen LogP contribution in [-0.2, 0) is 24.9 Å². The Bertz CT molecular complexity index is 700. The zero-order valence-electron chi connectivity index (χ0n) is 12.5. The first-order valence-corrected chi connectivity index (χ1v) is 6.99. The highest BCUT2D eigenvalue weighted by atomic mass is 16.5. The second-order valence-electron chi connectivity index (χ2n) is 5.55. The molecule has 0 N–H and O–H groups in total. The molecule has 0 fully saturated rings. The first kappa shape index (κ1) is 13.2. The third-order valence-electron chi connectivity index (χ3n) is 4.17. The number of carbonyl (C=O) groups excluding carboxylic acids is 1. The van der Waals surface area contributed by atoms with E-state index in [2.05, 4.69) is 28.6 Å². The lowest BCUT2D eigenvalue weighted by Gasteiger charge is -2.03. The Morgan fingerprint density at radius 1 is 1.25 bits per heavy atom. The molecule has 2 heterocycles. The SMILES string of the molecule is CCOC(=O)c1c(C)n(C)c2cc3c(cc12)CN(C)C3. The third kappa shape index (κ3) is 1.83. The first-order valence-electron chi connectivity index (χ1n) is 6.99. The van der Waals surface area contributed by atoms with Gasteiger partial charge in [-0.15, -0.1) is 0 Å². The molecule has 20 heavy (non-hydrogen) atoms. The molecule has 0 spiro atoms. The van der Waals surface area contributed by atoms with E-state index < -0.39 is 0 Å². The number of hydrogen-bond acceptors (Lipinski definition) is 3. The number of benzene rings is 1. The number of nitrogens with zero attached hydrogens (tertiary/aromatic N) is 2. The van der Waals surface area contributed by atoms with Crippen molar-refractivity contribution in [1.82, 2.24) is 9.47 Å². The van der Waals surface area contributed by atoms with Crippen molar-refractivity contribution in [2.75, 3.05) is 13.7 Å². The smallest absolute Gasteiger partial charge is 0.340 e. The summed E-state index contributed by atoms with van der Waals surface area (Å²) < 4.78 is 7.29. The number of carbonyl (C=O) groups is 1. The number of hydrogen-bond donors (Lipinski definition) is 0. The Morgan fingerprint density at radius 3 is 2.55 bits per heavy atom. The monoisotopic (exact) mass is 272 g/mol. The minimum absolute atomic E-state index is 0.220. The summed E-state index contributed by atoms with van der Waals surface area (Å²) in [5, 5.41) is 1.01. The minimum atomic E-state index is -0.220. The van der Waals surface area contributed by atoms with E-state index in [9.17, 15) is 4.79 Å². The van der Waals surface area contributed by atoms with E-state index in [1.54, 1.807) is 0 Å². The fraction of sp³-hybridized carbons (Fsp3) is 0.438. The van der Waals surface area contributed by atoms with Crippen molar-refractivity contribution in [2.45, 2.75) is 26.9 Å². The van der Waals surface area contributed by atoms with Crippen LogP contribution in [0, 0.1) is 6.92 Å². The van der Waals surface area contributed by atoms with Gasteiger partial charge < -0.3 is 9.30 Å². The topological polar surface area (TPSA) is 34.5 Å². The van der Waals surface area contributed by atoms with Gasteiger partial charge in [-0.25, -0.2) is 4.79 Å². The molecule has 4 nitrogen and oxygen atoms in total. The highest BCUT2D eigenvalue weighted by Gasteiger charge is 2.23. The highest BCUT2D eigenvalue weighted by Crippen LogP contribution is 2.32. The lowest BCUT2D eigenvalue weighted by atomic mass is 10.0. The van der Waals surface area contributed by atoms with E-state index in [1.807, 2.05) is 20.9 Å². The molecule has 0 bridgehead atoms. The number of aromatic nitrogens is 1. The Balaban J connectivity index is 2.23. The summed E-state index contributed by atoms with van der Waals surface area (Å²) in [6, 6.07) is 4.37. The maximum atomic E-state index is 12.2. The summed E-state index contributed by atoms with van der Waals surface area (Å²) in [6.07, 6.45) is 0. The van der Waals surface area contributed by atoms with Gasteiger partial charge in [0.25, 0.3) is 0 Å². The van der Waals surface area contributed by atoms with Gasteiger partial charge in [-0.3, -0.25) is 4.90 Å². The van der Waals surface area contributed by atoms with Crippen LogP contribution in [0.1, 0.15) is 34.1 Å². The van der Waals surface area contributed by atoms with E-state index in [1.165, 1.54) is 11.1 Å². The van der Waals surface area contributed by atoms with Crippen molar-refractivity contribution in [3.8, 4) is 0 Å². The van der Waals surface area contributed by atoms with Gasteiger partial charge in [0, 0.05) is 36.7 Å². The molecule has 3 rings (SSSR count). The molecule has 2 aromatic rings. The molecule has 0 aliphatic carbocycles. The molecular weight excluding hydrogens is 252 g/mol. The average Bonchev–Trinajstić information content (AvgIpc) is 2.86. The molecule has 1 aromatic carbocycles. The van der Waals surface area contributed by atoms with Crippen molar-refractivity contribution >= 4 is 16.9 Å². The van der Waals surface area contributed by atoms with E-state index >= 15 is 0 Å². The van der Waals surface area contributed by atoms with Crippen molar-refractivity contribution in [1.29, 1.82) is 0 Å². The summed E-state index contributed by atoms with van der Waals surface area (Å²) in [6.45, 7) is 6.14. The lowest BCUT2D eigenvalue weighted by molar-refractivity contribution is 0.0527. The minimum Gasteiger partial charge on any atom is -0.462 e. The van der Waals surface area contributed by atoms with Gasteiger partial charge in [0.05, 0.1) is 12.2 Å². The molecule has 1 aromatic heterocycles. The Morgan fingerprint density at radius 2 is 1.90 bits per heavy atom. The van der Waals surface area contributed by atoms with E-state index in [4.69, 9.17) is 4.74 Å². The van der Waals surface area contributed by atoms with Crippen LogP contribution >= 0.6 is 0 Å². The fourth-order valence-corrected chi connectivity index (χ4v) is 3.09. The molecule has 106 valence electrons. The van der Waals surface area contributed by atoms with Crippen LogP contribution in [0.3, 0.4) is 0 Å². The molecule has 0 atom stereocenters. The zero-order valence-corrected chi connectivity index (χ0v) is 12.5. The summed E-state index contributed by atoms with van der Waals surface area (Å²) in [5.41, 5.74) is 5.46. The molecule has 0 radical (unpaired) electrons. The van der Waals surface area contributed by atoms with Gasteiger partial charge in [0.15, 0.2) is 0 Å². The standard InChI is InChI=1S/C16H20N2O2/c1-5-20-16(19)15-10(2)18(4)14-7-12-9-17(3)8-11(12)6-13(14)15/h6-7H,5,8-9H2,1-4H3. The third-order valence-corrected chi connectivity index (χ3v) is 4.17. The number of fused-ring (bicyclic) bond motifs is 2. The van der Waals surface area contributed by atoms with Crippen molar-refractivity contribution < 1.29 is 9.53 Å². The second-order valence-corrected chi connectivity index (χ2v) is 5.55. The van der Waals surface area contributed by atoms with Crippen LogP contribution in [-0.4, -0.2) is 29.1 Å². The summed E-state index contributed by atoms with van der Waals surface area (Å²) in [4.78, 5) is 14.5. The van der Waals surface area contributed by atoms with E-state index in [0.29, 0.717) is 12.2 Å². The van der Waals surface area contributed by atoms with Gasteiger partial charge in [-0.1, -0.05) is 0 Å². The van der Waals surface area contributed by atoms with Gasteiger partial charge in [0.2, 0.25) is 0 Å². The van der Waals surface area contributed by atoms with Crippen LogP contribution in [0.5, 0.6) is 0 Å². The molecule has 1 aliphatic rings. The Kier molecular flexibility index (Phi) is 3.05. The van der Waals surface area contributed by atoms with E-state index in [0.717, 1.165) is 29.7 Å². The number of ether oxygens (including phenoxy) is 1. The summed E-state index contributed by atoms with van der Waals surface area (Å²) >= 11 is 0. The highest BCUT2D eigenvalue weighted by molar-refractivity contribution is 6.06. The van der Waals surface area contributed by atoms with Gasteiger partial charge in [-0.2, -0.15) is 0 Å². The average molecular weight is 272 g/mol. The van der Waals surface area contributed by atoms with Crippen LogP contribution in [0.25, 0.3) is 10.9 Å². The normalized spacial score (nSPS) is 14.8. The maximum absolute atomic E-state index is 12.2. The van der Waals surface area contributed by atoms with Crippen molar-refractivity contribution in [3.63, 3.8) is 0 Å². The predicted octanol–water partition coefficient (Wildman–Crippen LogP) is 2.61. The molecular formula is C16H20N2O2. The van der Waals surface area contributed by atoms with Crippen LogP contribution in [0.2, 0.25) is 0 Å². The quantitative estimate of drug-likeness (QED) is 0.788. The molecule has 0 saturated heterocycles. The van der Waals surface area contributed by atoms with Crippen molar-refractivity contribution in [2.24, 2.45) is 7.05 Å². The Hall–Kier alpha value is -1.81. The number of aryl methyl sites for hydroxylation is 1. The molecule has 0 amide bonds. The summed E-state index contributed by atoms with van der Waals surface area (Å²) in [5.74, 6) is -0.220. The summed E-state index contributed by atoms with van der Waals surface area (Å²) in [7, 11) is 4.12. The maximum Gasteiger partial charge on any atom is 0.340 e. The first-order chi connectivity index (χ1) is 9.52. The molecule has 4 heteroatoms. The zero-order chi connectivity index (χ0) is 14.4. The van der Waals surface area contributed by atoms with Gasteiger partial charge in [0.1, 0.15) is 0 Å². The fourth-order valence-electron chi connectivity index (χ4n) is 3.09. The predicted molar refractivity (Wildman–Crippen MR) is 78.8 cm³/mol. The second kappa shape index (κ2) is 4.63. The molecule has 1 aliphatic heterocycles.